The van der Waals surface area contributed by atoms with Crippen LogP contribution in [-0.4, -0.2) is 25.0 Å². The predicted molar refractivity (Wildman–Crippen MR) is 98.5 cm³/mol. The zero-order valence-corrected chi connectivity index (χ0v) is 14.7. The van der Waals surface area contributed by atoms with E-state index in [-0.39, 0.29) is 17.7 Å². The molecule has 0 aliphatic heterocycles. The third-order valence-corrected chi connectivity index (χ3v) is 6.41. The van der Waals surface area contributed by atoms with Crippen molar-refractivity contribution in [1.29, 1.82) is 0 Å². The Labute approximate surface area is 151 Å². The summed E-state index contributed by atoms with van der Waals surface area (Å²) in [5, 5.41) is 11.5. The van der Waals surface area contributed by atoms with E-state index in [1.165, 1.54) is 6.07 Å². The number of aliphatic carboxylic acids is 1. The second-order valence-corrected chi connectivity index (χ2v) is 8.31. The molecule has 0 amide bonds. The maximum absolute atomic E-state index is 12.9. The molecule has 0 fully saturated rings. The van der Waals surface area contributed by atoms with E-state index in [2.05, 4.69) is 4.72 Å². The monoisotopic (exact) mass is 367 g/mol. The molecule has 1 aliphatic carbocycles. The van der Waals surface area contributed by atoms with Crippen LogP contribution in [0.3, 0.4) is 0 Å². The van der Waals surface area contributed by atoms with E-state index in [9.17, 15) is 18.3 Å². The van der Waals surface area contributed by atoms with Gasteiger partial charge in [0, 0.05) is 12.8 Å². The Morgan fingerprint density at radius 1 is 0.885 bits per heavy atom. The number of rotatable bonds is 4. The van der Waals surface area contributed by atoms with Crippen molar-refractivity contribution in [2.75, 3.05) is 0 Å². The first-order chi connectivity index (χ1) is 12.4. The first-order valence-electron chi connectivity index (χ1n) is 8.23. The van der Waals surface area contributed by atoms with Crippen LogP contribution in [0.25, 0.3) is 10.8 Å². The summed E-state index contributed by atoms with van der Waals surface area (Å²) in [4.78, 5) is 12.0. The molecule has 0 atom stereocenters. The molecule has 0 radical (unpaired) electrons. The molecule has 3 aromatic rings. The van der Waals surface area contributed by atoms with Crippen molar-refractivity contribution < 1.29 is 18.3 Å². The number of fused-ring (bicyclic) bond motifs is 2. The highest BCUT2D eigenvalue weighted by molar-refractivity contribution is 7.89. The van der Waals surface area contributed by atoms with Crippen LogP contribution in [0.4, 0.5) is 0 Å². The molecule has 5 nitrogen and oxygen atoms in total. The number of sulfonamides is 1. The minimum absolute atomic E-state index is 0.0628. The molecule has 0 unspecified atom stereocenters. The van der Waals surface area contributed by atoms with Crippen molar-refractivity contribution in [2.45, 2.75) is 23.3 Å². The molecule has 6 heteroatoms. The molecule has 0 heterocycles. The quantitative estimate of drug-likeness (QED) is 0.743. The van der Waals surface area contributed by atoms with Gasteiger partial charge >= 0.3 is 5.97 Å². The summed E-state index contributed by atoms with van der Waals surface area (Å²) in [6.07, 6.45) is 0.261. The van der Waals surface area contributed by atoms with Crippen molar-refractivity contribution >= 4 is 26.8 Å². The topological polar surface area (TPSA) is 83.5 Å². The summed E-state index contributed by atoms with van der Waals surface area (Å²) in [6, 6.07) is 19.6. The lowest BCUT2D eigenvalue weighted by Gasteiger charge is -2.25. The normalized spacial score (nSPS) is 15.7. The van der Waals surface area contributed by atoms with Gasteiger partial charge in [0.05, 0.1) is 4.90 Å². The Kier molecular flexibility index (Phi) is 3.82. The summed E-state index contributed by atoms with van der Waals surface area (Å²) < 4.78 is 28.3. The minimum Gasteiger partial charge on any atom is -0.480 e. The highest BCUT2D eigenvalue weighted by atomic mass is 32.2. The Balaban J connectivity index is 1.72. The van der Waals surface area contributed by atoms with Gasteiger partial charge in [-0.25, -0.2) is 8.42 Å². The van der Waals surface area contributed by atoms with Crippen molar-refractivity contribution in [3.63, 3.8) is 0 Å². The molecule has 0 spiro atoms. The van der Waals surface area contributed by atoms with Crippen LogP contribution in [0.15, 0.2) is 71.6 Å². The zero-order chi connectivity index (χ0) is 18.4. The fourth-order valence-corrected chi connectivity index (χ4v) is 4.93. The van der Waals surface area contributed by atoms with E-state index in [0.29, 0.717) is 0 Å². The number of carbonyl (C=O) groups is 1. The Bertz CT molecular complexity index is 1100. The standard InChI is InChI=1S/C20H17NO4S/c22-19(23)20(12-16-7-3-4-8-17(16)13-20)21-26(24,25)18-10-9-14-5-1-2-6-15(14)11-18/h1-11,21H,12-13H2,(H,22,23). The largest absolute Gasteiger partial charge is 0.480 e. The molecule has 0 saturated heterocycles. The van der Waals surface area contributed by atoms with Gasteiger partial charge in [-0.2, -0.15) is 4.72 Å². The molecule has 0 saturated carbocycles. The van der Waals surface area contributed by atoms with Gasteiger partial charge in [-0.05, 0) is 34.0 Å². The van der Waals surface area contributed by atoms with Crippen LogP contribution >= 0.6 is 0 Å². The Morgan fingerprint density at radius 3 is 2.08 bits per heavy atom. The van der Waals surface area contributed by atoms with Crippen molar-refractivity contribution in [3.8, 4) is 0 Å². The second kappa shape index (κ2) is 5.93. The van der Waals surface area contributed by atoms with Crippen LogP contribution in [0.2, 0.25) is 0 Å². The van der Waals surface area contributed by atoms with Crippen molar-refractivity contribution in [2.24, 2.45) is 0 Å². The van der Waals surface area contributed by atoms with Crippen LogP contribution < -0.4 is 4.72 Å². The molecular weight excluding hydrogens is 350 g/mol. The van der Waals surface area contributed by atoms with E-state index in [0.717, 1.165) is 21.9 Å². The van der Waals surface area contributed by atoms with Gasteiger partial charge in [0.25, 0.3) is 0 Å². The van der Waals surface area contributed by atoms with Crippen molar-refractivity contribution in [3.05, 3.63) is 77.9 Å². The van der Waals surface area contributed by atoms with Gasteiger partial charge < -0.3 is 5.11 Å². The number of nitrogens with one attached hydrogen (secondary N) is 1. The third-order valence-electron chi connectivity index (χ3n) is 4.87. The molecule has 26 heavy (non-hydrogen) atoms. The molecule has 0 aromatic heterocycles. The van der Waals surface area contributed by atoms with Crippen LogP contribution in [0.5, 0.6) is 0 Å². The summed E-state index contributed by atoms with van der Waals surface area (Å²) >= 11 is 0. The van der Waals surface area contributed by atoms with Gasteiger partial charge in [-0.15, -0.1) is 0 Å². The van der Waals surface area contributed by atoms with Crippen molar-refractivity contribution in [1.82, 2.24) is 4.72 Å². The fourth-order valence-electron chi connectivity index (χ4n) is 3.53. The van der Waals surface area contributed by atoms with Crippen LogP contribution in [0.1, 0.15) is 11.1 Å². The first kappa shape index (κ1) is 16.8. The summed E-state index contributed by atoms with van der Waals surface area (Å²) in [6.45, 7) is 0. The number of hydrogen-bond donors (Lipinski definition) is 2. The van der Waals surface area contributed by atoms with E-state index in [1.807, 2.05) is 48.5 Å². The molecule has 3 aromatic carbocycles. The van der Waals surface area contributed by atoms with Crippen LogP contribution in [-0.2, 0) is 27.7 Å². The van der Waals surface area contributed by atoms with E-state index >= 15 is 0 Å². The highest BCUT2D eigenvalue weighted by Crippen LogP contribution is 2.32. The van der Waals surface area contributed by atoms with Crippen LogP contribution in [0, 0.1) is 0 Å². The maximum Gasteiger partial charge on any atom is 0.325 e. The predicted octanol–water partition coefficient (Wildman–Crippen LogP) is 2.74. The SMILES string of the molecule is O=C(O)C1(NS(=O)(=O)c2ccc3ccccc3c2)Cc2ccccc2C1. The second-order valence-electron chi connectivity index (χ2n) is 6.62. The van der Waals surface area contributed by atoms with Gasteiger partial charge in [0.2, 0.25) is 10.0 Å². The zero-order valence-electron chi connectivity index (χ0n) is 13.8. The molecule has 0 bridgehead atoms. The lowest BCUT2D eigenvalue weighted by Crippen LogP contribution is -2.55. The summed E-state index contributed by atoms with van der Waals surface area (Å²) in [7, 11) is -3.99. The Hall–Kier alpha value is -2.70. The van der Waals surface area contributed by atoms with E-state index in [1.54, 1.807) is 12.1 Å². The number of benzene rings is 3. The molecule has 4 rings (SSSR count). The average Bonchev–Trinajstić information content (AvgIpc) is 3.00. The van der Waals surface area contributed by atoms with Gasteiger partial charge in [0.15, 0.2) is 0 Å². The lowest BCUT2D eigenvalue weighted by molar-refractivity contribution is -0.143. The number of hydrogen-bond acceptors (Lipinski definition) is 3. The average molecular weight is 367 g/mol. The van der Waals surface area contributed by atoms with Gasteiger partial charge in [0.1, 0.15) is 5.54 Å². The third kappa shape index (κ3) is 2.77. The summed E-state index contributed by atoms with van der Waals surface area (Å²) in [5.41, 5.74) is 0.154. The van der Waals surface area contributed by atoms with Gasteiger partial charge in [-0.3, -0.25) is 4.79 Å². The summed E-state index contributed by atoms with van der Waals surface area (Å²) in [5.74, 6) is -1.17. The van der Waals surface area contributed by atoms with Gasteiger partial charge in [-0.1, -0.05) is 54.6 Å². The maximum atomic E-state index is 12.9. The number of carboxylic acids is 1. The highest BCUT2D eigenvalue weighted by Gasteiger charge is 2.47. The Morgan fingerprint density at radius 2 is 1.46 bits per heavy atom. The lowest BCUT2D eigenvalue weighted by atomic mass is 9.98. The molecule has 1 aliphatic rings. The minimum atomic E-state index is -3.99. The molecule has 2 N–H and O–H groups in total. The fraction of sp³-hybridized carbons (Fsp3) is 0.150. The van der Waals surface area contributed by atoms with E-state index in [4.69, 9.17) is 0 Å². The smallest absolute Gasteiger partial charge is 0.325 e. The van der Waals surface area contributed by atoms with E-state index < -0.39 is 21.5 Å². The molecular formula is C20H17NO4S. The molecule has 132 valence electrons. The number of carboxylic acid groups (broad SMARTS) is 1. The first-order valence-corrected chi connectivity index (χ1v) is 9.71.